The maximum atomic E-state index is 12.6. The van der Waals surface area contributed by atoms with Gasteiger partial charge in [-0.05, 0) is 5.41 Å². The Morgan fingerprint density at radius 1 is 1.00 bits per heavy atom. The van der Waals surface area contributed by atoms with Crippen LogP contribution in [0.3, 0.4) is 0 Å². The van der Waals surface area contributed by atoms with E-state index in [0.717, 1.165) is 0 Å². The van der Waals surface area contributed by atoms with E-state index in [0.29, 0.717) is 12.2 Å². The van der Waals surface area contributed by atoms with Gasteiger partial charge in [-0.2, -0.15) is 26.3 Å². The van der Waals surface area contributed by atoms with Gasteiger partial charge < -0.3 is 9.84 Å². The fraction of sp³-hybridized carbons (Fsp3) is 0.692. The number of hydrogen-bond donors (Lipinski definition) is 1. The molecule has 1 unspecified atom stereocenters. The highest BCUT2D eigenvalue weighted by Gasteiger charge is 2.58. The molecule has 0 spiro atoms. The molecule has 0 aliphatic rings. The molecular weight excluding hydrogens is 334 g/mol. The predicted octanol–water partition coefficient (Wildman–Crippen LogP) is 3.72. The summed E-state index contributed by atoms with van der Waals surface area (Å²) in [6, 6.07) is 0. The Kier molecular flexibility index (Phi) is 6.68. The van der Waals surface area contributed by atoms with Gasteiger partial charge in [-0.3, -0.25) is 0 Å². The van der Waals surface area contributed by atoms with Crippen molar-refractivity contribution in [2.75, 3.05) is 0 Å². The highest BCUT2D eigenvalue weighted by molar-refractivity contribution is 5.90. The van der Waals surface area contributed by atoms with E-state index in [2.05, 4.69) is 4.74 Å². The second-order valence-corrected chi connectivity index (χ2v) is 5.83. The Hall–Kier alpha value is -1.74. The lowest BCUT2D eigenvalue weighted by Crippen LogP contribution is -2.43. The minimum Gasteiger partial charge on any atom is -0.478 e. The summed E-state index contributed by atoms with van der Waals surface area (Å²) in [5, 5.41) is 8.32. The molecule has 0 amide bonds. The Balaban J connectivity index is 5.35. The summed E-state index contributed by atoms with van der Waals surface area (Å²) in [6.45, 7) is 3.90. The maximum Gasteiger partial charge on any atom is 0.400 e. The molecule has 1 N–H and O–H groups in total. The molecule has 0 bridgehead atoms. The first-order chi connectivity index (χ1) is 10.0. The van der Waals surface area contributed by atoms with Crippen molar-refractivity contribution < 1.29 is 45.8 Å². The molecule has 0 saturated heterocycles. The Bertz CT molecular complexity index is 445. The minimum absolute atomic E-state index is 0.368. The third-order valence-corrected chi connectivity index (χ3v) is 2.83. The summed E-state index contributed by atoms with van der Waals surface area (Å²) in [5.74, 6) is -6.51. The van der Waals surface area contributed by atoms with Gasteiger partial charge >= 0.3 is 24.3 Å². The van der Waals surface area contributed by atoms with Crippen LogP contribution in [0.1, 0.15) is 27.2 Å². The molecule has 0 rings (SSSR count). The normalized spacial score (nSPS) is 15.0. The first-order valence-corrected chi connectivity index (χ1v) is 6.30. The number of carboxylic acids is 1. The number of carbonyl (C=O) groups is 2. The summed E-state index contributed by atoms with van der Waals surface area (Å²) >= 11 is 0. The van der Waals surface area contributed by atoms with Crippen molar-refractivity contribution in [2.45, 2.75) is 45.6 Å². The van der Waals surface area contributed by atoms with Crippen LogP contribution in [-0.4, -0.2) is 35.5 Å². The van der Waals surface area contributed by atoms with E-state index < -0.39 is 48.1 Å². The first kappa shape index (κ1) is 21.3. The zero-order valence-corrected chi connectivity index (χ0v) is 12.5. The van der Waals surface area contributed by atoms with E-state index in [4.69, 9.17) is 5.11 Å². The van der Waals surface area contributed by atoms with E-state index in [9.17, 15) is 35.9 Å². The summed E-state index contributed by atoms with van der Waals surface area (Å²) in [7, 11) is 0. The minimum atomic E-state index is -5.55. The van der Waals surface area contributed by atoms with E-state index >= 15 is 0 Å². The topological polar surface area (TPSA) is 63.6 Å². The van der Waals surface area contributed by atoms with Crippen LogP contribution in [0.4, 0.5) is 26.3 Å². The molecule has 0 aliphatic heterocycles. The highest BCUT2D eigenvalue weighted by Crippen LogP contribution is 2.44. The average molecular weight is 350 g/mol. The van der Waals surface area contributed by atoms with Gasteiger partial charge in [-0.1, -0.05) is 20.8 Å². The van der Waals surface area contributed by atoms with Gasteiger partial charge in [0.15, 0.2) is 5.92 Å². The van der Waals surface area contributed by atoms with Crippen molar-refractivity contribution in [3.8, 4) is 0 Å². The van der Waals surface area contributed by atoms with Gasteiger partial charge in [0.25, 0.3) is 0 Å². The van der Waals surface area contributed by atoms with Gasteiger partial charge in [-0.25, -0.2) is 9.59 Å². The smallest absolute Gasteiger partial charge is 0.400 e. The van der Waals surface area contributed by atoms with E-state index in [1.165, 1.54) is 20.8 Å². The number of hydrogen-bond acceptors (Lipinski definition) is 3. The van der Waals surface area contributed by atoms with E-state index in [1.54, 1.807) is 0 Å². The van der Waals surface area contributed by atoms with Crippen LogP contribution in [0.2, 0.25) is 0 Å². The van der Waals surface area contributed by atoms with Crippen molar-refractivity contribution in [1.82, 2.24) is 0 Å². The lowest BCUT2D eigenvalue weighted by molar-refractivity contribution is -0.292. The number of halogens is 6. The number of aliphatic carboxylic acids is 1. The Morgan fingerprint density at radius 2 is 1.43 bits per heavy atom. The molecule has 0 saturated carbocycles. The molecule has 0 aromatic heterocycles. The van der Waals surface area contributed by atoms with E-state index in [-0.39, 0.29) is 0 Å². The van der Waals surface area contributed by atoms with Crippen LogP contribution >= 0.6 is 0 Å². The molecular formula is C13H16F6O4. The second kappa shape index (κ2) is 7.22. The molecule has 0 aromatic rings. The number of esters is 1. The summed E-state index contributed by atoms with van der Waals surface area (Å²) < 4.78 is 80.2. The Labute approximate surface area is 128 Å². The highest BCUT2D eigenvalue weighted by atomic mass is 19.4. The molecule has 0 heterocycles. The largest absolute Gasteiger partial charge is 0.478 e. The molecule has 4 nitrogen and oxygen atoms in total. The second-order valence-electron chi connectivity index (χ2n) is 5.83. The van der Waals surface area contributed by atoms with Gasteiger partial charge in [0.1, 0.15) is 6.10 Å². The summed E-state index contributed by atoms with van der Waals surface area (Å²) in [5.41, 5.74) is -1.22. The maximum absolute atomic E-state index is 12.6. The van der Waals surface area contributed by atoms with Crippen molar-refractivity contribution in [3.05, 3.63) is 12.2 Å². The third kappa shape index (κ3) is 7.89. The van der Waals surface area contributed by atoms with Gasteiger partial charge in [0, 0.05) is 18.6 Å². The molecule has 134 valence electrons. The van der Waals surface area contributed by atoms with Crippen LogP contribution in [-0.2, 0) is 14.3 Å². The SMILES string of the molecule is CC(C)(C)C(CC(C(F)(F)F)C(F)(F)F)OC(=O)C=CC(=O)O. The van der Waals surface area contributed by atoms with Gasteiger partial charge in [0.2, 0.25) is 0 Å². The lowest BCUT2D eigenvalue weighted by Gasteiger charge is -2.34. The van der Waals surface area contributed by atoms with Gasteiger partial charge in [-0.15, -0.1) is 0 Å². The quantitative estimate of drug-likeness (QED) is 0.466. The predicted molar refractivity (Wildman–Crippen MR) is 66.3 cm³/mol. The number of carboxylic acid groups (broad SMARTS) is 1. The molecule has 0 aromatic carbocycles. The molecule has 0 fully saturated rings. The monoisotopic (exact) mass is 350 g/mol. The molecule has 0 radical (unpaired) electrons. The van der Waals surface area contributed by atoms with Crippen LogP contribution in [0.5, 0.6) is 0 Å². The van der Waals surface area contributed by atoms with Crippen molar-refractivity contribution >= 4 is 11.9 Å². The van der Waals surface area contributed by atoms with Crippen molar-refractivity contribution in [2.24, 2.45) is 11.3 Å². The number of rotatable bonds is 5. The van der Waals surface area contributed by atoms with Crippen LogP contribution < -0.4 is 0 Å². The van der Waals surface area contributed by atoms with Crippen molar-refractivity contribution in [1.29, 1.82) is 0 Å². The summed E-state index contributed by atoms with van der Waals surface area (Å²) in [6.07, 6.45) is -13.6. The summed E-state index contributed by atoms with van der Waals surface area (Å²) in [4.78, 5) is 21.6. The fourth-order valence-corrected chi connectivity index (χ4v) is 1.56. The standard InChI is InChI=1S/C13H16F6O4/c1-11(2,3)8(23-10(22)5-4-9(20)21)6-7(12(14,15)16)13(17,18)19/h4-5,7-8H,6H2,1-3H3,(H,20,21). The number of ether oxygens (including phenoxy) is 1. The number of alkyl halides is 6. The third-order valence-electron chi connectivity index (χ3n) is 2.83. The molecule has 10 heteroatoms. The average Bonchev–Trinajstić information content (AvgIpc) is 2.26. The van der Waals surface area contributed by atoms with Gasteiger partial charge in [0.05, 0.1) is 0 Å². The molecule has 23 heavy (non-hydrogen) atoms. The lowest BCUT2D eigenvalue weighted by atomic mass is 9.83. The Morgan fingerprint density at radius 3 is 1.74 bits per heavy atom. The number of carbonyl (C=O) groups excluding carboxylic acids is 1. The zero-order chi connectivity index (χ0) is 18.6. The van der Waals surface area contributed by atoms with Crippen LogP contribution in [0.25, 0.3) is 0 Å². The zero-order valence-electron chi connectivity index (χ0n) is 12.5. The van der Waals surface area contributed by atoms with Crippen molar-refractivity contribution in [3.63, 3.8) is 0 Å². The van der Waals surface area contributed by atoms with Crippen LogP contribution in [0, 0.1) is 11.3 Å². The van der Waals surface area contributed by atoms with Crippen LogP contribution in [0.15, 0.2) is 12.2 Å². The fourth-order valence-electron chi connectivity index (χ4n) is 1.56. The van der Waals surface area contributed by atoms with E-state index in [1.807, 2.05) is 0 Å². The molecule has 0 aliphatic carbocycles. The molecule has 1 atom stereocenters. The first-order valence-electron chi connectivity index (χ1n) is 6.30.